The van der Waals surface area contributed by atoms with Gasteiger partial charge in [-0.25, -0.2) is 4.39 Å². The van der Waals surface area contributed by atoms with E-state index < -0.39 is 17.7 Å². The minimum atomic E-state index is -0.968. The average Bonchev–Trinajstić information content (AvgIpc) is 2.44. The molecule has 0 bridgehead atoms. The van der Waals surface area contributed by atoms with Gasteiger partial charge in [-0.2, -0.15) is 0 Å². The second-order valence-electron chi connectivity index (χ2n) is 4.81. The van der Waals surface area contributed by atoms with Gasteiger partial charge in [-0.3, -0.25) is 4.79 Å². The van der Waals surface area contributed by atoms with Crippen LogP contribution in [-0.2, 0) is 17.6 Å². The number of aliphatic carboxylic acids is 1. The van der Waals surface area contributed by atoms with Gasteiger partial charge in [0.25, 0.3) is 0 Å². The molecule has 0 aliphatic rings. The van der Waals surface area contributed by atoms with E-state index in [1.807, 2.05) is 0 Å². The van der Waals surface area contributed by atoms with E-state index in [9.17, 15) is 14.3 Å². The Kier molecular flexibility index (Phi) is 5.21. The molecule has 2 rings (SSSR count). The topological polar surface area (TPSA) is 37.3 Å². The van der Waals surface area contributed by atoms with Crippen molar-refractivity contribution in [1.82, 2.24) is 0 Å². The van der Waals surface area contributed by atoms with Gasteiger partial charge >= 0.3 is 5.97 Å². The molecular weight excluding hydrogens is 314 g/mol. The summed E-state index contributed by atoms with van der Waals surface area (Å²) in [5.41, 5.74) is 1.15. The number of rotatable bonds is 5. The van der Waals surface area contributed by atoms with Gasteiger partial charge in [-0.1, -0.05) is 35.3 Å². The Morgan fingerprint density at radius 3 is 2.29 bits per heavy atom. The summed E-state index contributed by atoms with van der Waals surface area (Å²) in [5.74, 6) is -2.13. The Morgan fingerprint density at radius 1 is 1.05 bits per heavy atom. The zero-order chi connectivity index (χ0) is 15.4. The van der Waals surface area contributed by atoms with Crippen molar-refractivity contribution < 1.29 is 14.3 Å². The predicted octanol–water partition coefficient (Wildman–Crippen LogP) is 4.62. The van der Waals surface area contributed by atoms with Gasteiger partial charge in [-0.15, -0.1) is 0 Å². The van der Waals surface area contributed by atoms with E-state index in [0.717, 1.165) is 5.56 Å². The van der Waals surface area contributed by atoms with Crippen LogP contribution in [0.3, 0.4) is 0 Å². The summed E-state index contributed by atoms with van der Waals surface area (Å²) in [7, 11) is 0. The van der Waals surface area contributed by atoms with Gasteiger partial charge in [0, 0.05) is 10.0 Å². The van der Waals surface area contributed by atoms with Crippen LogP contribution in [0, 0.1) is 11.7 Å². The fourth-order valence-electron chi connectivity index (χ4n) is 2.12. The smallest absolute Gasteiger partial charge is 0.307 e. The maximum Gasteiger partial charge on any atom is 0.307 e. The molecule has 0 aromatic heterocycles. The number of halogens is 3. The molecule has 21 heavy (non-hydrogen) atoms. The molecule has 110 valence electrons. The van der Waals surface area contributed by atoms with Crippen molar-refractivity contribution in [3.63, 3.8) is 0 Å². The lowest BCUT2D eigenvalue weighted by Gasteiger charge is -2.13. The number of hydrogen-bond acceptors (Lipinski definition) is 1. The predicted molar refractivity (Wildman–Crippen MR) is 81.4 cm³/mol. The Labute approximate surface area is 132 Å². The molecule has 2 aromatic carbocycles. The Morgan fingerprint density at radius 2 is 1.67 bits per heavy atom. The van der Waals surface area contributed by atoms with E-state index in [1.165, 1.54) is 18.2 Å². The first-order valence-corrected chi connectivity index (χ1v) is 7.12. The highest BCUT2D eigenvalue weighted by Crippen LogP contribution is 2.21. The summed E-state index contributed by atoms with van der Waals surface area (Å²) in [6.45, 7) is 0. The highest BCUT2D eigenvalue weighted by molar-refractivity contribution is 6.30. The molecule has 2 aromatic rings. The molecule has 0 spiro atoms. The van der Waals surface area contributed by atoms with Gasteiger partial charge in [0.05, 0.1) is 5.92 Å². The van der Waals surface area contributed by atoms with Crippen LogP contribution in [0.25, 0.3) is 0 Å². The third-order valence-electron chi connectivity index (χ3n) is 3.22. The first-order chi connectivity index (χ1) is 9.95. The van der Waals surface area contributed by atoms with Gasteiger partial charge < -0.3 is 5.11 Å². The van der Waals surface area contributed by atoms with E-state index in [1.54, 1.807) is 24.3 Å². The van der Waals surface area contributed by atoms with Crippen LogP contribution < -0.4 is 0 Å². The molecule has 0 fully saturated rings. The van der Waals surface area contributed by atoms with Crippen molar-refractivity contribution in [2.24, 2.45) is 5.92 Å². The van der Waals surface area contributed by atoms with Gasteiger partial charge in [-0.05, 0) is 54.3 Å². The molecule has 0 heterocycles. The summed E-state index contributed by atoms with van der Waals surface area (Å²) in [5, 5.41) is 10.3. The van der Waals surface area contributed by atoms with Crippen LogP contribution in [0.4, 0.5) is 4.39 Å². The summed E-state index contributed by atoms with van der Waals surface area (Å²) in [6.07, 6.45) is 0.392. The standard InChI is InChI=1S/C16H13Cl2FO2/c17-13-3-1-10(2-4-13)7-12(16(20)21)8-11-9-14(18)5-6-15(11)19/h1-6,9,12H,7-8H2,(H,20,21). The molecule has 0 saturated carbocycles. The Hall–Kier alpha value is -1.58. The van der Waals surface area contributed by atoms with Crippen LogP contribution >= 0.6 is 23.2 Å². The molecule has 5 heteroatoms. The van der Waals surface area contributed by atoms with E-state index in [4.69, 9.17) is 23.2 Å². The van der Waals surface area contributed by atoms with E-state index in [0.29, 0.717) is 22.0 Å². The average molecular weight is 327 g/mol. The van der Waals surface area contributed by atoms with Crippen molar-refractivity contribution in [3.8, 4) is 0 Å². The van der Waals surface area contributed by atoms with Crippen LogP contribution in [0.5, 0.6) is 0 Å². The summed E-state index contributed by atoms with van der Waals surface area (Å²) < 4.78 is 13.7. The molecular formula is C16H13Cl2FO2. The fraction of sp³-hybridized carbons (Fsp3) is 0.188. The Balaban J connectivity index is 2.17. The largest absolute Gasteiger partial charge is 0.481 e. The van der Waals surface area contributed by atoms with Crippen molar-refractivity contribution in [2.75, 3.05) is 0 Å². The van der Waals surface area contributed by atoms with Crippen molar-refractivity contribution >= 4 is 29.2 Å². The van der Waals surface area contributed by atoms with Crippen LogP contribution in [0.15, 0.2) is 42.5 Å². The summed E-state index contributed by atoms with van der Waals surface area (Å²) in [4.78, 5) is 11.4. The van der Waals surface area contributed by atoms with E-state index in [2.05, 4.69) is 0 Å². The summed E-state index contributed by atoms with van der Waals surface area (Å²) >= 11 is 11.6. The first kappa shape index (κ1) is 15.8. The zero-order valence-electron chi connectivity index (χ0n) is 11.0. The summed E-state index contributed by atoms with van der Waals surface area (Å²) in [6, 6.07) is 11.1. The highest BCUT2D eigenvalue weighted by Gasteiger charge is 2.20. The van der Waals surface area contributed by atoms with Gasteiger partial charge in [0.2, 0.25) is 0 Å². The normalized spacial score (nSPS) is 12.1. The molecule has 1 unspecified atom stereocenters. The molecule has 1 atom stereocenters. The second-order valence-corrected chi connectivity index (χ2v) is 5.68. The highest BCUT2D eigenvalue weighted by atomic mass is 35.5. The third-order valence-corrected chi connectivity index (χ3v) is 3.71. The van der Waals surface area contributed by atoms with Crippen molar-refractivity contribution in [1.29, 1.82) is 0 Å². The van der Waals surface area contributed by atoms with Crippen molar-refractivity contribution in [3.05, 3.63) is 69.5 Å². The number of carbonyl (C=O) groups is 1. The minimum Gasteiger partial charge on any atom is -0.481 e. The van der Waals surface area contributed by atoms with Gasteiger partial charge in [0.15, 0.2) is 0 Å². The quantitative estimate of drug-likeness (QED) is 0.870. The molecule has 2 nitrogen and oxygen atoms in total. The number of carboxylic acids is 1. The lowest BCUT2D eigenvalue weighted by atomic mass is 9.92. The number of benzene rings is 2. The zero-order valence-corrected chi connectivity index (χ0v) is 12.5. The van der Waals surface area contributed by atoms with Gasteiger partial charge in [0.1, 0.15) is 5.82 Å². The lowest BCUT2D eigenvalue weighted by molar-refractivity contribution is -0.141. The molecule has 0 saturated heterocycles. The maximum atomic E-state index is 13.7. The second kappa shape index (κ2) is 6.92. The van der Waals surface area contributed by atoms with E-state index >= 15 is 0 Å². The van der Waals surface area contributed by atoms with Crippen molar-refractivity contribution in [2.45, 2.75) is 12.8 Å². The molecule has 1 N–H and O–H groups in total. The minimum absolute atomic E-state index is 0.0877. The molecule has 0 amide bonds. The first-order valence-electron chi connectivity index (χ1n) is 6.37. The van der Waals surface area contributed by atoms with Crippen LogP contribution in [0.2, 0.25) is 10.0 Å². The molecule has 0 radical (unpaired) electrons. The molecule has 0 aliphatic carbocycles. The SMILES string of the molecule is O=C(O)C(Cc1ccc(Cl)cc1)Cc1cc(Cl)ccc1F. The lowest BCUT2D eigenvalue weighted by Crippen LogP contribution is -2.19. The third kappa shape index (κ3) is 4.45. The fourth-order valence-corrected chi connectivity index (χ4v) is 2.44. The van der Waals surface area contributed by atoms with E-state index in [-0.39, 0.29) is 6.42 Å². The van der Waals surface area contributed by atoms with Crippen LogP contribution in [-0.4, -0.2) is 11.1 Å². The van der Waals surface area contributed by atoms with Crippen LogP contribution in [0.1, 0.15) is 11.1 Å². The Bertz CT molecular complexity index is 641. The maximum absolute atomic E-state index is 13.7. The number of carboxylic acid groups (broad SMARTS) is 1. The molecule has 0 aliphatic heterocycles. The number of hydrogen-bond donors (Lipinski definition) is 1. The monoisotopic (exact) mass is 326 g/mol.